The molecule has 0 aliphatic heterocycles. The summed E-state index contributed by atoms with van der Waals surface area (Å²) >= 11 is 0. The lowest BCUT2D eigenvalue weighted by Crippen LogP contribution is -2.13. The molecule has 0 amide bonds. The van der Waals surface area contributed by atoms with E-state index in [9.17, 15) is 4.79 Å². The molecule has 0 heterocycles. The average Bonchev–Trinajstić information content (AvgIpc) is 2.89. The molecule has 0 bridgehead atoms. The van der Waals surface area contributed by atoms with E-state index in [1.807, 2.05) is 0 Å². The number of carbonyl (C=O) groups is 1. The summed E-state index contributed by atoms with van der Waals surface area (Å²) in [5, 5.41) is 0. The second-order valence-electron chi connectivity index (χ2n) is 10.8. The monoisotopic (exact) mass is 458 g/mol. The van der Waals surface area contributed by atoms with E-state index >= 15 is 0 Å². The topological polar surface area (TPSA) is 26.3 Å². The first-order valence-electron chi connectivity index (χ1n) is 13.6. The van der Waals surface area contributed by atoms with Gasteiger partial charge in [-0.3, -0.25) is 0 Å². The number of rotatable bonds is 9. The van der Waals surface area contributed by atoms with Crippen LogP contribution in [0, 0.1) is 11.8 Å². The first kappa shape index (κ1) is 24.8. The van der Waals surface area contributed by atoms with Crippen LogP contribution in [0.4, 0.5) is 0 Å². The van der Waals surface area contributed by atoms with E-state index in [-0.39, 0.29) is 5.97 Å². The number of esters is 1. The van der Waals surface area contributed by atoms with Gasteiger partial charge in [0.1, 0.15) is 0 Å². The normalized spacial score (nSPS) is 25.0. The number of hydrogen-bond acceptors (Lipinski definition) is 2. The molecule has 0 radical (unpaired) electrons. The van der Waals surface area contributed by atoms with Gasteiger partial charge in [-0.15, -0.1) is 0 Å². The molecule has 0 aromatic heterocycles. The zero-order chi connectivity index (χ0) is 23.8. The summed E-state index contributed by atoms with van der Waals surface area (Å²) in [4.78, 5) is 11.1. The molecule has 2 nitrogen and oxygen atoms in total. The number of benzene rings is 2. The van der Waals surface area contributed by atoms with E-state index in [1.165, 1.54) is 86.1 Å². The van der Waals surface area contributed by atoms with E-state index in [1.54, 1.807) is 0 Å². The van der Waals surface area contributed by atoms with Crippen molar-refractivity contribution in [1.82, 2.24) is 0 Å². The van der Waals surface area contributed by atoms with E-state index in [2.05, 4.69) is 62.0 Å². The van der Waals surface area contributed by atoms with Gasteiger partial charge in [-0.05, 0) is 97.3 Å². The summed E-state index contributed by atoms with van der Waals surface area (Å²) in [6.07, 6.45) is 15.3. The summed E-state index contributed by atoms with van der Waals surface area (Å²) in [5.41, 5.74) is 5.70. The van der Waals surface area contributed by atoms with Gasteiger partial charge < -0.3 is 4.74 Å². The van der Waals surface area contributed by atoms with Gasteiger partial charge in [0.25, 0.3) is 0 Å². The highest BCUT2D eigenvalue weighted by molar-refractivity contribution is 5.81. The summed E-state index contributed by atoms with van der Waals surface area (Å²) < 4.78 is 5.08. The van der Waals surface area contributed by atoms with Gasteiger partial charge in [0.2, 0.25) is 0 Å². The molecule has 0 atom stereocenters. The second-order valence-corrected chi connectivity index (χ2v) is 10.8. The highest BCUT2D eigenvalue weighted by Crippen LogP contribution is 2.39. The number of unbranched alkanes of at least 4 members (excludes halogenated alkanes) is 1. The summed E-state index contributed by atoms with van der Waals surface area (Å²) in [6.45, 7) is 6.35. The van der Waals surface area contributed by atoms with E-state index in [0.29, 0.717) is 12.5 Å². The van der Waals surface area contributed by atoms with E-state index in [4.69, 9.17) is 4.74 Å². The Kier molecular flexibility index (Phi) is 9.02. The molecule has 0 unspecified atom stereocenters. The maximum atomic E-state index is 11.1. The molecule has 2 aromatic rings. The molecule has 0 N–H and O–H groups in total. The lowest BCUT2D eigenvalue weighted by atomic mass is 9.77. The third-order valence-electron chi connectivity index (χ3n) is 8.38. The molecule has 2 heteroatoms. The minimum Gasteiger partial charge on any atom is -0.463 e. The number of ether oxygens (including phenoxy) is 1. The van der Waals surface area contributed by atoms with Gasteiger partial charge in [-0.25, -0.2) is 4.79 Å². The van der Waals surface area contributed by atoms with Crippen molar-refractivity contribution in [3.05, 3.63) is 72.3 Å². The molecule has 2 aliphatic rings. The van der Waals surface area contributed by atoms with Crippen LogP contribution in [-0.4, -0.2) is 12.6 Å². The Labute approximate surface area is 206 Å². The maximum Gasteiger partial charge on any atom is 0.330 e. The van der Waals surface area contributed by atoms with Crippen molar-refractivity contribution in [3.8, 4) is 11.1 Å². The predicted octanol–water partition coefficient (Wildman–Crippen LogP) is 8.82. The van der Waals surface area contributed by atoms with Crippen LogP contribution in [0.25, 0.3) is 11.1 Å². The molecule has 34 heavy (non-hydrogen) atoms. The quantitative estimate of drug-likeness (QED) is 0.213. The molecule has 2 fully saturated rings. The zero-order valence-electron chi connectivity index (χ0n) is 21.0. The maximum absolute atomic E-state index is 11.1. The summed E-state index contributed by atoms with van der Waals surface area (Å²) in [6, 6.07) is 18.8. The Morgan fingerprint density at radius 1 is 0.794 bits per heavy atom. The lowest BCUT2D eigenvalue weighted by Gasteiger charge is -2.29. The van der Waals surface area contributed by atoms with Crippen LogP contribution in [0.5, 0.6) is 0 Å². The van der Waals surface area contributed by atoms with Gasteiger partial charge in [-0.1, -0.05) is 81.3 Å². The predicted molar refractivity (Wildman–Crippen MR) is 142 cm³/mol. The molecule has 4 rings (SSSR count). The standard InChI is InChI=1S/C32H42O2/c1-3-32(33)34-23-5-4-6-25-9-13-27(14-10-25)29-17-21-31(22-18-29)30-19-15-28(16-20-30)26-11-7-24(2)8-12-26/h3,15-22,24-27H,1,4-14,23H2,2H3. The molecular weight excluding hydrogens is 416 g/mol. The second kappa shape index (κ2) is 12.4. The molecule has 2 aromatic carbocycles. The molecule has 2 saturated carbocycles. The van der Waals surface area contributed by atoms with E-state index < -0.39 is 0 Å². The molecule has 182 valence electrons. The average molecular weight is 459 g/mol. The smallest absolute Gasteiger partial charge is 0.330 e. The van der Waals surface area contributed by atoms with Crippen LogP contribution < -0.4 is 0 Å². The van der Waals surface area contributed by atoms with Crippen LogP contribution in [0.15, 0.2) is 61.2 Å². The Morgan fingerprint density at radius 2 is 1.29 bits per heavy atom. The van der Waals surface area contributed by atoms with Crippen molar-refractivity contribution >= 4 is 5.97 Å². The molecule has 0 spiro atoms. The Balaban J connectivity index is 1.22. The highest BCUT2D eigenvalue weighted by Gasteiger charge is 2.22. The third-order valence-corrected chi connectivity index (χ3v) is 8.38. The fourth-order valence-electron chi connectivity index (χ4n) is 6.04. The lowest BCUT2D eigenvalue weighted by molar-refractivity contribution is -0.137. The first-order chi connectivity index (χ1) is 16.6. The van der Waals surface area contributed by atoms with Gasteiger partial charge in [0.15, 0.2) is 0 Å². The van der Waals surface area contributed by atoms with Gasteiger partial charge >= 0.3 is 5.97 Å². The van der Waals surface area contributed by atoms with Crippen LogP contribution in [0.3, 0.4) is 0 Å². The van der Waals surface area contributed by atoms with Crippen molar-refractivity contribution in [2.75, 3.05) is 6.61 Å². The third kappa shape index (κ3) is 6.84. The van der Waals surface area contributed by atoms with Crippen molar-refractivity contribution in [2.24, 2.45) is 11.8 Å². The van der Waals surface area contributed by atoms with Gasteiger partial charge in [-0.2, -0.15) is 0 Å². The van der Waals surface area contributed by atoms with Crippen LogP contribution in [0.1, 0.15) is 101 Å². The zero-order valence-corrected chi connectivity index (χ0v) is 21.0. The molecular formula is C32H42O2. The van der Waals surface area contributed by atoms with Crippen LogP contribution in [-0.2, 0) is 9.53 Å². The molecule has 2 aliphatic carbocycles. The SMILES string of the molecule is C=CC(=O)OCCCCC1CCC(c2ccc(-c3ccc(C4CCC(C)CC4)cc3)cc2)CC1. The van der Waals surface area contributed by atoms with Crippen LogP contribution >= 0.6 is 0 Å². The fraction of sp³-hybridized carbons (Fsp3) is 0.531. The van der Waals surface area contributed by atoms with Crippen molar-refractivity contribution in [3.63, 3.8) is 0 Å². The van der Waals surface area contributed by atoms with Gasteiger partial charge in [0.05, 0.1) is 6.61 Å². The fourth-order valence-corrected chi connectivity index (χ4v) is 6.04. The van der Waals surface area contributed by atoms with Crippen molar-refractivity contribution in [1.29, 1.82) is 0 Å². The van der Waals surface area contributed by atoms with Crippen molar-refractivity contribution in [2.45, 2.75) is 89.4 Å². The Hall–Kier alpha value is -2.35. The van der Waals surface area contributed by atoms with Crippen LogP contribution in [0.2, 0.25) is 0 Å². The molecule has 0 saturated heterocycles. The Morgan fingerprint density at radius 3 is 1.79 bits per heavy atom. The summed E-state index contributed by atoms with van der Waals surface area (Å²) in [5.74, 6) is 2.89. The first-order valence-corrected chi connectivity index (χ1v) is 13.6. The highest BCUT2D eigenvalue weighted by atomic mass is 16.5. The summed E-state index contributed by atoms with van der Waals surface area (Å²) in [7, 11) is 0. The minimum atomic E-state index is -0.308. The van der Waals surface area contributed by atoms with Crippen molar-refractivity contribution < 1.29 is 9.53 Å². The largest absolute Gasteiger partial charge is 0.463 e. The number of carbonyl (C=O) groups excluding carboxylic acids is 1. The van der Waals surface area contributed by atoms with E-state index in [0.717, 1.165) is 30.6 Å². The number of hydrogen-bond donors (Lipinski definition) is 0. The van der Waals surface area contributed by atoms with Gasteiger partial charge in [0, 0.05) is 6.08 Å². The Bertz CT molecular complexity index is 895. The minimum absolute atomic E-state index is 0.308.